The van der Waals surface area contributed by atoms with Gasteiger partial charge in [0.1, 0.15) is 5.82 Å². The standard InChI is InChI=1S/C13H11FN2O2S/c1-8-2-3-15-13(16-8)19-7-9-4-10(12(17)18)6-11(14)5-9/h2-6H,7H2,1H3,(H,17,18). The first-order valence-corrected chi connectivity index (χ1v) is 6.48. The molecule has 0 fully saturated rings. The quantitative estimate of drug-likeness (QED) is 0.688. The van der Waals surface area contributed by atoms with Crippen molar-refractivity contribution in [1.82, 2.24) is 9.97 Å². The fraction of sp³-hybridized carbons (Fsp3) is 0.154. The van der Waals surface area contributed by atoms with Crippen molar-refractivity contribution < 1.29 is 14.3 Å². The third kappa shape index (κ3) is 3.75. The molecule has 0 aliphatic heterocycles. The normalized spacial score (nSPS) is 10.4. The van der Waals surface area contributed by atoms with E-state index in [0.29, 0.717) is 16.5 Å². The highest BCUT2D eigenvalue weighted by Gasteiger charge is 2.08. The fourth-order valence-electron chi connectivity index (χ4n) is 1.50. The van der Waals surface area contributed by atoms with Crippen molar-refractivity contribution in [2.24, 2.45) is 0 Å². The molecule has 98 valence electrons. The van der Waals surface area contributed by atoms with Gasteiger partial charge in [0.25, 0.3) is 0 Å². The Labute approximate surface area is 113 Å². The van der Waals surface area contributed by atoms with Gasteiger partial charge in [-0.2, -0.15) is 0 Å². The van der Waals surface area contributed by atoms with Crippen LogP contribution in [-0.4, -0.2) is 21.0 Å². The van der Waals surface area contributed by atoms with Gasteiger partial charge in [-0.05, 0) is 36.8 Å². The number of thioether (sulfide) groups is 1. The van der Waals surface area contributed by atoms with Crippen molar-refractivity contribution in [3.8, 4) is 0 Å². The van der Waals surface area contributed by atoms with Gasteiger partial charge >= 0.3 is 5.97 Å². The number of hydrogen-bond acceptors (Lipinski definition) is 4. The van der Waals surface area contributed by atoms with Gasteiger partial charge in [0.05, 0.1) is 5.56 Å². The largest absolute Gasteiger partial charge is 0.478 e. The molecule has 1 aromatic heterocycles. The summed E-state index contributed by atoms with van der Waals surface area (Å²) in [5, 5.41) is 9.44. The van der Waals surface area contributed by atoms with Crippen LogP contribution in [0.4, 0.5) is 4.39 Å². The maximum Gasteiger partial charge on any atom is 0.335 e. The van der Waals surface area contributed by atoms with E-state index < -0.39 is 11.8 Å². The summed E-state index contributed by atoms with van der Waals surface area (Å²) in [6, 6.07) is 5.55. The van der Waals surface area contributed by atoms with Gasteiger partial charge < -0.3 is 5.11 Å². The van der Waals surface area contributed by atoms with Gasteiger partial charge in [-0.15, -0.1) is 0 Å². The lowest BCUT2D eigenvalue weighted by Crippen LogP contribution is -1.99. The lowest BCUT2D eigenvalue weighted by Gasteiger charge is -2.03. The van der Waals surface area contributed by atoms with Crippen molar-refractivity contribution in [3.05, 3.63) is 53.1 Å². The molecule has 0 amide bonds. The Bertz CT molecular complexity index is 619. The van der Waals surface area contributed by atoms with Gasteiger partial charge in [0.15, 0.2) is 5.16 Å². The van der Waals surface area contributed by atoms with Crippen molar-refractivity contribution >= 4 is 17.7 Å². The second-order valence-corrected chi connectivity index (χ2v) is 4.87. The van der Waals surface area contributed by atoms with Crippen molar-refractivity contribution in [2.45, 2.75) is 17.8 Å². The Balaban J connectivity index is 2.13. The molecule has 6 heteroatoms. The molecule has 2 aromatic rings. The molecule has 1 heterocycles. The van der Waals surface area contributed by atoms with E-state index in [9.17, 15) is 9.18 Å². The van der Waals surface area contributed by atoms with Crippen LogP contribution in [-0.2, 0) is 5.75 Å². The molecule has 0 aliphatic rings. The van der Waals surface area contributed by atoms with Crippen molar-refractivity contribution in [2.75, 3.05) is 0 Å². The molecule has 0 saturated heterocycles. The molecular weight excluding hydrogens is 267 g/mol. The Kier molecular flexibility index (Phi) is 4.11. The van der Waals surface area contributed by atoms with Crippen molar-refractivity contribution in [3.63, 3.8) is 0 Å². The summed E-state index contributed by atoms with van der Waals surface area (Å²) in [5.74, 6) is -1.28. The lowest BCUT2D eigenvalue weighted by molar-refractivity contribution is 0.0696. The van der Waals surface area contributed by atoms with Crippen molar-refractivity contribution in [1.29, 1.82) is 0 Å². The number of aryl methyl sites for hydroxylation is 1. The fourth-order valence-corrected chi connectivity index (χ4v) is 2.31. The van der Waals surface area contributed by atoms with Crippen LogP contribution in [0, 0.1) is 12.7 Å². The first-order valence-electron chi connectivity index (χ1n) is 5.50. The number of hydrogen-bond donors (Lipinski definition) is 1. The van der Waals surface area contributed by atoms with Crippen LogP contribution in [0.3, 0.4) is 0 Å². The van der Waals surface area contributed by atoms with Crippen LogP contribution in [0.25, 0.3) is 0 Å². The van der Waals surface area contributed by atoms with Crippen LogP contribution in [0.5, 0.6) is 0 Å². The van der Waals surface area contributed by atoms with E-state index in [1.807, 2.05) is 6.92 Å². The minimum absolute atomic E-state index is 0.0549. The average molecular weight is 278 g/mol. The van der Waals surface area contributed by atoms with Gasteiger partial charge in [0.2, 0.25) is 0 Å². The zero-order chi connectivity index (χ0) is 13.8. The highest BCUT2D eigenvalue weighted by molar-refractivity contribution is 7.98. The predicted molar refractivity (Wildman–Crippen MR) is 69.7 cm³/mol. The summed E-state index contributed by atoms with van der Waals surface area (Å²) < 4.78 is 13.3. The van der Waals surface area contributed by atoms with Gasteiger partial charge in [0, 0.05) is 17.6 Å². The Hall–Kier alpha value is -1.95. The number of nitrogens with zero attached hydrogens (tertiary/aromatic N) is 2. The van der Waals surface area contributed by atoms with Crippen LogP contribution in [0.2, 0.25) is 0 Å². The molecule has 0 spiro atoms. The number of carbonyl (C=O) groups is 1. The third-order valence-electron chi connectivity index (χ3n) is 2.35. The molecule has 0 radical (unpaired) electrons. The zero-order valence-corrected chi connectivity index (χ0v) is 10.9. The lowest BCUT2D eigenvalue weighted by atomic mass is 10.1. The Morgan fingerprint density at radius 3 is 2.89 bits per heavy atom. The number of halogens is 1. The van der Waals surface area contributed by atoms with Gasteiger partial charge in [-0.3, -0.25) is 0 Å². The van der Waals surface area contributed by atoms with Crippen LogP contribution in [0.15, 0.2) is 35.6 Å². The Morgan fingerprint density at radius 1 is 1.42 bits per heavy atom. The highest BCUT2D eigenvalue weighted by Crippen LogP contribution is 2.20. The number of aromatic nitrogens is 2. The summed E-state index contributed by atoms with van der Waals surface area (Å²) in [4.78, 5) is 19.1. The van der Waals surface area contributed by atoms with E-state index in [1.54, 1.807) is 12.3 Å². The molecule has 4 nitrogen and oxygen atoms in total. The van der Waals surface area contributed by atoms with E-state index in [-0.39, 0.29) is 5.56 Å². The van der Waals surface area contributed by atoms with E-state index in [4.69, 9.17) is 5.11 Å². The minimum atomic E-state index is -1.14. The number of rotatable bonds is 4. The number of aromatic carboxylic acids is 1. The summed E-state index contributed by atoms with van der Waals surface area (Å²) in [5.41, 5.74) is 1.39. The molecule has 19 heavy (non-hydrogen) atoms. The zero-order valence-electron chi connectivity index (χ0n) is 10.1. The third-order valence-corrected chi connectivity index (χ3v) is 3.28. The smallest absolute Gasteiger partial charge is 0.335 e. The van der Waals surface area contributed by atoms with Crippen LogP contribution in [0.1, 0.15) is 21.6 Å². The Morgan fingerprint density at radius 2 is 2.21 bits per heavy atom. The van der Waals surface area contributed by atoms with E-state index in [0.717, 1.165) is 11.8 Å². The topological polar surface area (TPSA) is 63.1 Å². The first-order chi connectivity index (χ1) is 9.04. The van der Waals surface area contributed by atoms with Gasteiger partial charge in [-0.25, -0.2) is 19.2 Å². The number of benzene rings is 1. The van der Waals surface area contributed by atoms with Gasteiger partial charge in [-0.1, -0.05) is 11.8 Å². The van der Waals surface area contributed by atoms with Crippen LogP contribution < -0.4 is 0 Å². The molecular formula is C13H11FN2O2S. The maximum absolute atomic E-state index is 13.3. The molecule has 1 aromatic carbocycles. The molecule has 0 atom stereocenters. The minimum Gasteiger partial charge on any atom is -0.478 e. The molecule has 0 aliphatic carbocycles. The second kappa shape index (κ2) is 5.79. The molecule has 0 saturated carbocycles. The van der Waals surface area contributed by atoms with E-state index in [2.05, 4.69) is 9.97 Å². The molecule has 2 rings (SSSR count). The molecule has 0 unspecified atom stereocenters. The summed E-state index contributed by atoms with van der Waals surface area (Å²) in [7, 11) is 0. The second-order valence-electron chi connectivity index (χ2n) is 3.92. The highest BCUT2D eigenvalue weighted by atomic mass is 32.2. The van der Waals surface area contributed by atoms with E-state index in [1.165, 1.54) is 23.9 Å². The summed E-state index contributed by atoms with van der Waals surface area (Å²) in [6.45, 7) is 1.86. The SMILES string of the molecule is Cc1ccnc(SCc2cc(F)cc(C(=O)O)c2)n1. The average Bonchev–Trinajstić information content (AvgIpc) is 2.36. The summed E-state index contributed by atoms with van der Waals surface area (Å²) in [6.07, 6.45) is 1.65. The monoisotopic (exact) mass is 278 g/mol. The van der Waals surface area contributed by atoms with Crippen LogP contribution >= 0.6 is 11.8 Å². The predicted octanol–water partition coefficient (Wildman–Crippen LogP) is 2.91. The number of carboxylic acid groups (broad SMARTS) is 1. The maximum atomic E-state index is 13.3. The first kappa shape index (κ1) is 13.5. The van der Waals surface area contributed by atoms with E-state index >= 15 is 0 Å². The summed E-state index contributed by atoms with van der Waals surface area (Å²) >= 11 is 1.33. The molecule has 1 N–H and O–H groups in total. The number of carboxylic acids is 1. The molecule has 0 bridgehead atoms.